The van der Waals surface area contributed by atoms with Gasteiger partial charge < -0.3 is 0 Å². The highest BCUT2D eigenvalue weighted by atomic mass is 32.2. The van der Waals surface area contributed by atoms with Crippen LogP contribution in [0.1, 0.15) is 29.9 Å². The molecule has 0 N–H and O–H groups in total. The average molecular weight is 261 g/mol. The molecule has 0 radical (unpaired) electrons. The summed E-state index contributed by atoms with van der Waals surface area (Å²) in [5.74, 6) is -0.107. The summed E-state index contributed by atoms with van der Waals surface area (Å²) in [5.41, 5.74) is 0. The number of carbonyl (C=O) groups is 1. The molecule has 0 saturated carbocycles. The highest BCUT2D eigenvalue weighted by Gasteiger charge is 2.22. The van der Waals surface area contributed by atoms with Gasteiger partial charge in [0.05, 0.1) is 4.88 Å². The van der Waals surface area contributed by atoms with Crippen molar-refractivity contribution in [2.45, 2.75) is 24.5 Å². The number of hydrogen-bond acceptors (Lipinski definition) is 4. The fraction of sp³-hybridized carbons (Fsp3) is 0.500. The maximum absolute atomic E-state index is 12.0. The molecule has 90 valence electrons. The number of thiophene rings is 1. The van der Waals surface area contributed by atoms with Gasteiger partial charge >= 0.3 is 0 Å². The van der Waals surface area contributed by atoms with E-state index in [2.05, 4.69) is 0 Å². The van der Waals surface area contributed by atoms with Gasteiger partial charge in [0, 0.05) is 13.6 Å². The van der Waals surface area contributed by atoms with Gasteiger partial charge in [-0.2, -0.15) is 0 Å². The minimum Gasteiger partial charge on any atom is -0.294 e. The molecular formula is C10H15NO3S2. The Kier molecular flexibility index (Phi) is 4.23. The Morgan fingerprint density at radius 1 is 1.44 bits per heavy atom. The van der Waals surface area contributed by atoms with Crippen molar-refractivity contribution in [1.82, 2.24) is 4.31 Å². The van der Waals surface area contributed by atoms with Crippen LogP contribution in [0.25, 0.3) is 0 Å². The SMILES string of the molecule is CCCN(C)S(=O)(=O)c1ccc(C(C)=O)s1. The van der Waals surface area contributed by atoms with Crippen LogP contribution in [0.4, 0.5) is 0 Å². The smallest absolute Gasteiger partial charge is 0.252 e. The first-order valence-corrected chi connectivity index (χ1v) is 7.22. The van der Waals surface area contributed by atoms with Crippen molar-refractivity contribution < 1.29 is 13.2 Å². The summed E-state index contributed by atoms with van der Waals surface area (Å²) in [6, 6.07) is 3.04. The highest BCUT2D eigenvalue weighted by Crippen LogP contribution is 2.24. The predicted octanol–water partition coefficient (Wildman–Crippen LogP) is 1.98. The van der Waals surface area contributed by atoms with Gasteiger partial charge in [0.2, 0.25) is 0 Å². The van der Waals surface area contributed by atoms with Gasteiger partial charge in [-0.15, -0.1) is 11.3 Å². The van der Waals surface area contributed by atoms with E-state index < -0.39 is 10.0 Å². The monoisotopic (exact) mass is 261 g/mol. The largest absolute Gasteiger partial charge is 0.294 e. The minimum absolute atomic E-state index is 0.107. The second-order valence-corrected chi connectivity index (χ2v) is 6.86. The van der Waals surface area contributed by atoms with E-state index >= 15 is 0 Å². The van der Waals surface area contributed by atoms with Crippen molar-refractivity contribution in [3.05, 3.63) is 17.0 Å². The fourth-order valence-electron chi connectivity index (χ4n) is 1.24. The van der Waals surface area contributed by atoms with Crippen LogP contribution in [0.3, 0.4) is 0 Å². The van der Waals surface area contributed by atoms with E-state index in [-0.39, 0.29) is 9.99 Å². The van der Waals surface area contributed by atoms with Gasteiger partial charge in [-0.1, -0.05) is 6.92 Å². The number of Topliss-reactive ketones (excluding diaryl/α,β-unsaturated/α-hetero) is 1. The third kappa shape index (κ3) is 2.69. The summed E-state index contributed by atoms with van der Waals surface area (Å²) in [6.45, 7) is 3.83. The summed E-state index contributed by atoms with van der Waals surface area (Å²) in [4.78, 5) is 11.6. The van der Waals surface area contributed by atoms with E-state index in [1.165, 1.54) is 17.3 Å². The van der Waals surface area contributed by atoms with E-state index in [9.17, 15) is 13.2 Å². The first kappa shape index (κ1) is 13.3. The quantitative estimate of drug-likeness (QED) is 0.762. The summed E-state index contributed by atoms with van der Waals surface area (Å²) in [7, 11) is -1.87. The van der Waals surface area contributed by atoms with E-state index in [1.54, 1.807) is 13.1 Å². The number of sulfonamides is 1. The lowest BCUT2D eigenvalue weighted by Crippen LogP contribution is -2.26. The Morgan fingerprint density at radius 2 is 2.06 bits per heavy atom. The first-order chi connectivity index (χ1) is 7.39. The third-order valence-corrected chi connectivity index (χ3v) is 5.64. The number of hydrogen-bond donors (Lipinski definition) is 0. The maximum Gasteiger partial charge on any atom is 0.252 e. The van der Waals surface area contributed by atoms with Crippen molar-refractivity contribution in [3.8, 4) is 0 Å². The standard InChI is InChI=1S/C10H15NO3S2/c1-4-7-11(3)16(13,14)10-6-5-9(15-10)8(2)12/h5-6H,4,7H2,1-3H3. The first-order valence-electron chi connectivity index (χ1n) is 4.96. The molecule has 1 rings (SSSR count). The average Bonchev–Trinajstić information content (AvgIpc) is 2.67. The molecule has 1 aromatic heterocycles. The van der Waals surface area contributed by atoms with E-state index in [4.69, 9.17) is 0 Å². The Labute approximate surface area is 99.9 Å². The second-order valence-electron chi connectivity index (χ2n) is 3.50. The molecule has 1 aromatic rings. The van der Waals surface area contributed by atoms with Crippen LogP contribution in [0.2, 0.25) is 0 Å². The molecule has 0 amide bonds. The molecule has 0 saturated heterocycles. The van der Waals surface area contributed by atoms with Gasteiger partial charge in [-0.3, -0.25) is 4.79 Å². The lowest BCUT2D eigenvalue weighted by atomic mass is 10.4. The fourth-order valence-corrected chi connectivity index (χ4v) is 3.91. The van der Waals surface area contributed by atoms with Crippen LogP contribution in [0, 0.1) is 0 Å². The van der Waals surface area contributed by atoms with Crippen LogP contribution in [-0.4, -0.2) is 32.1 Å². The molecule has 0 spiro atoms. The summed E-state index contributed by atoms with van der Waals surface area (Å²) in [6.07, 6.45) is 0.765. The predicted molar refractivity (Wildman–Crippen MR) is 64.4 cm³/mol. The van der Waals surface area contributed by atoms with Crippen molar-refractivity contribution >= 4 is 27.1 Å². The van der Waals surface area contributed by atoms with Gasteiger partial charge in [-0.05, 0) is 25.5 Å². The molecule has 0 unspecified atom stereocenters. The number of ketones is 1. The van der Waals surface area contributed by atoms with E-state index in [1.807, 2.05) is 6.92 Å². The molecule has 0 aromatic carbocycles. The lowest BCUT2D eigenvalue weighted by molar-refractivity contribution is 0.102. The van der Waals surface area contributed by atoms with Crippen molar-refractivity contribution in [2.24, 2.45) is 0 Å². The Bertz CT molecular complexity index is 476. The molecule has 0 atom stereocenters. The van der Waals surface area contributed by atoms with Crippen LogP contribution in [0.5, 0.6) is 0 Å². The summed E-state index contributed by atoms with van der Waals surface area (Å²) in [5, 5.41) is 0. The normalized spacial score (nSPS) is 12.0. The van der Waals surface area contributed by atoms with Crippen molar-refractivity contribution in [2.75, 3.05) is 13.6 Å². The third-order valence-electron chi connectivity index (χ3n) is 2.13. The van der Waals surface area contributed by atoms with Gasteiger partial charge in [0.25, 0.3) is 10.0 Å². The molecule has 0 fully saturated rings. The zero-order valence-corrected chi connectivity index (χ0v) is 11.2. The van der Waals surface area contributed by atoms with Gasteiger partial charge in [0.15, 0.2) is 5.78 Å². The number of rotatable bonds is 5. The molecule has 0 aliphatic rings. The zero-order valence-electron chi connectivity index (χ0n) is 9.56. The molecule has 0 aliphatic carbocycles. The summed E-state index contributed by atoms with van der Waals surface area (Å²) < 4.78 is 25.5. The highest BCUT2D eigenvalue weighted by molar-refractivity contribution is 7.91. The molecule has 6 heteroatoms. The molecule has 0 aliphatic heterocycles. The van der Waals surface area contributed by atoms with Crippen LogP contribution in [-0.2, 0) is 10.0 Å². The van der Waals surface area contributed by atoms with Crippen molar-refractivity contribution in [1.29, 1.82) is 0 Å². The van der Waals surface area contributed by atoms with Gasteiger partial charge in [-0.25, -0.2) is 12.7 Å². The summed E-state index contributed by atoms with van der Waals surface area (Å²) >= 11 is 1.02. The van der Waals surface area contributed by atoms with E-state index in [0.717, 1.165) is 17.8 Å². The number of carbonyl (C=O) groups excluding carboxylic acids is 1. The molecule has 16 heavy (non-hydrogen) atoms. The Morgan fingerprint density at radius 3 is 2.50 bits per heavy atom. The van der Waals surface area contributed by atoms with Gasteiger partial charge in [0.1, 0.15) is 4.21 Å². The minimum atomic E-state index is -3.41. The molecule has 4 nitrogen and oxygen atoms in total. The number of nitrogens with zero attached hydrogens (tertiary/aromatic N) is 1. The second kappa shape index (κ2) is 5.07. The van der Waals surface area contributed by atoms with Crippen LogP contribution >= 0.6 is 11.3 Å². The maximum atomic E-state index is 12.0. The Balaban J connectivity index is 3.03. The lowest BCUT2D eigenvalue weighted by Gasteiger charge is -2.14. The zero-order chi connectivity index (χ0) is 12.3. The topological polar surface area (TPSA) is 54.5 Å². The van der Waals surface area contributed by atoms with Crippen LogP contribution in [0.15, 0.2) is 16.3 Å². The molecular weight excluding hydrogens is 246 g/mol. The van der Waals surface area contributed by atoms with Crippen LogP contribution < -0.4 is 0 Å². The molecule has 0 bridgehead atoms. The molecule has 1 heterocycles. The van der Waals surface area contributed by atoms with E-state index in [0.29, 0.717) is 11.4 Å². The van der Waals surface area contributed by atoms with Crippen molar-refractivity contribution in [3.63, 3.8) is 0 Å². The Hall–Kier alpha value is -0.720.